The first-order valence-corrected chi connectivity index (χ1v) is 6.99. The van der Waals surface area contributed by atoms with Crippen molar-refractivity contribution in [2.75, 3.05) is 22.1 Å². The van der Waals surface area contributed by atoms with E-state index in [2.05, 4.69) is 10.6 Å². The number of alkyl halides is 3. The molecule has 1 aliphatic rings. The average Bonchev–Trinajstić information content (AvgIpc) is 2.53. The zero-order valence-electron chi connectivity index (χ0n) is 12.2. The summed E-state index contributed by atoms with van der Waals surface area (Å²) in [4.78, 5) is 25.3. The number of carbonyl (C=O) groups is 2. The van der Waals surface area contributed by atoms with E-state index in [0.717, 1.165) is 12.1 Å². The van der Waals surface area contributed by atoms with Crippen LogP contribution < -0.4 is 15.5 Å². The fourth-order valence-corrected chi connectivity index (χ4v) is 2.38. The molecular formula is C16H12F3N3O2. The largest absolute Gasteiger partial charge is 0.416 e. The standard InChI is InChI=1S/C16H12F3N3O2/c17-16(18,19)10-4-3-5-11(8-10)20-15(24)22-9-14(23)21-12-6-1-2-7-13(12)22/h1-8H,9H2,(H,20,24)(H,21,23). The molecule has 0 fully saturated rings. The van der Waals surface area contributed by atoms with Crippen LogP contribution in [-0.4, -0.2) is 18.5 Å². The van der Waals surface area contributed by atoms with Crippen molar-refractivity contribution in [2.24, 2.45) is 0 Å². The Labute approximate surface area is 135 Å². The van der Waals surface area contributed by atoms with Crippen LogP contribution in [0.2, 0.25) is 0 Å². The maximum Gasteiger partial charge on any atom is 0.416 e. The maximum atomic E-state index is 12.7. The molecule has 0 aliphatic carbocycles. The molecule has 2 aromatic carbocycles. The Balaban J connectivity index is 1.85. The average molecular weight is 335 g/mol. The van der Waals surface area contributed by atoms with Gasteiger partial charge in [0.2, 0.25) is 5.91 Å². The molecule has 3 rings (SSSR count). The third-order valence-corrected chi connectivity index (χ3v) is 3.46. The van der Waals surface area contributed by atoms with Gasteiger partial charge in [0, 0.05) is 5.69 Å². The third kappa shape index (κ3) is 3.17. The number of fused-ring (bicyclic) bond motifs is 1. The summed E-state index contributed by atoms with van der Waals surface area (Å²) in [5, 5.41) is 5.02. The third-order valence-electron chi connectivity index (χ3n) is 3.46. The number of hydrogen-bond donors (Lipinski definition) is 2. The molecule has 0 spiro atoms. The summed E-state index contributed by atoms with van der Waals surface area (Å²) < 4.78 is 38.2. The molecule has 124 valence electrons. The lowest BCUT2D eigenvalue weighted by atomic mass is 10.2. The lowest BCUT2D eigenvalue weighted by Crippen LogP contribution is -2.44. The number of halogens is 3. The summed E-state index contributed by atoms with van der Waals surface area (Å²) >= 11 is 0. The lowest BCUT2D eigenvalue weighted by Gasteiger charge is -2.29. The van der Waals surface area contributed by atoms with Gasteiger partial charge >= 0.3 is 12.2 Å². The number of nitrogens with one attached hydrogen (secondary N) is 2. The number of para-hydroxylation sites is 2. The van der Waals surface area contributed by atoms with Crippen molar-refractivity contribution in [1.29, 1.82) is 0 Å². The molecule has 0 atom stereocenters. The highest BCUT2D eigenvalue weighted by Gasteiger charge is 2.31. The maximum absolute atomic E-state index is 12.7. The molecule has 0 aromatic heterocycles. The van der Waals surface area contributed by atoms with Gasteiger partial charge in [-0.15, -0.1) is 0 Å². The molecule has 5 nitrogen and oxygen atoms in total. The predicted molar refractivity (Wildman–Crippen MR) is 82.9 cm³/mol. The molecule has 0 unspecified atom stereocenters. The highest BCUT2D eigenvalue weighted by molar-refractivity contribution is 6.12. The van der Waals surface area contributed by atoms with Gasteiger partial charge in [-0.3, -0.25) is 9.69 Å². The summed E-state index contributed by atoms with van der Waals surface area (Å²) in [5.74, 6) is -0.382. The fourth-order valence-electron chi connectivity index (χ4n) is 2.38. The number of urea groups is 1. The van der Waals surface area contributed by atoms with E-state index in [9.17, 15) is 22.8 Å². The van der Waals surface area contributed by atoms with E-state index >= 15 is 0 Å². The van der Waals surface area contributed by atoms with Crippen LogP contribution in [0.4, 0.5) is 35.0 Å². The van der Waals surface area contributed by atoms with E-state index in [1.165, 1.54) is 17.0 Å². The molecule has 1 aliphatic heterocycles. The first-order valence-electron chi connectivity index (χ1n) is 6.99. The Kier molecular flexibility index (Phi) is 3.88. The van der Waals surface area contributed by atoms with Crippen molar-refractivity contribution < 1.29 is 22.8 Å². The second kappa shape index (κ2) is 5.88. The van der Waals surface area contributed by atoms with Crippen molar-refractivity contribution in [3.05, 3.63) is 54.1 Å². The van der Waals surface area contributed by atoms with Gasteiger partial charge in [-0.2, -0.15) is 13.2 Å². The van der Waals surface area contributed by atoms with Crippen molar-refractivity contribution in [2.45, 2.75) is 6.18 Å². The number of anilines is 3. The SMILES string of the molecule is O=C1CN(C(=O)Nc2cccc(C(F)(F)F)c2)c2ccccc2N1. The summed E-state index contributed by atoms with van der Waals surface area (Å²) in [5.41, 5.74) is 0.0740. The second-order valence-corrected chi connectivity index (χ2v) is 5.16. The molecular weight excluding hydrogens is 323 g/mol. The lowest BCUT2D eigenvalue weighted by molar-refractivity contribution is -0.137. The zero-order valence-corrected chi connectivity index (χ0v) is 12.2. The van der Waals surface area contributed by atoms with E-state index in [1.807, 2.05) is 0 Å². The van der Waals surface area contributed by atoms with E-state index < -0.39 is 17.8 Å². The smallest absolute Gasteiger partial charge is 0.323 e. The van der Waals surface area contributed by atoms with Crippen LogP contribution in [-0.2, 0) is 11.0 Å². The molecule has 8 heteroatoms. The van der Waals surface area contributed by atoms with Gasteiger partial charge in [-0.05, 0) is 30.3 Å². The molecule has 24 heavy (non-hydrogen) atoms. The van der Waals surface area contributed by atoms with Crippen LogP contribution in [0.25, 0.3) is 0 Å². The van der Waals surface area contributed by atoms with E-state index in [-0.39, 0.29) is 18.1 Å². The van der Waals surface area contributed by atoms with Crippen LogP contribution in [0.1, 0.15) is 5.56 Å². The van der Waals surface area contributed by atoms with E-state index in [0.29, 0.717) is 11.4 Å². The minimum atomic E-state index is -4.50. The Morgan fingerprint density at radius 1 is 1.12 bits per heavy atom. The minimum absolute atomic E-state index is 0.00159. The normalized spacial score (nSPS) is 14.0. The van der Waals surface area contributed by atoms with Gasteiger partial charge < -0.3 is 10.6 Å². The van der Waals surface area contributed by atoms with E-state index in [4.69, 9.17) is 0 Å². The minimum Gasteiger partial charge on any atom is -0.323 e. The number of hydrogen-bond acceptors (Lipinski definition) is 2. The van der Waals surface area contributed by atoms with Crippen molar-refractivity contribution in [3.63, 3.8) is 0 Å². The fraction of sp³-hybridized carbons (Fsp3) is 0.125. The van der Waals surface area contributed by atoms with Gasteiger partial charge in [0.15, 0.2) is 0 Å². The first-order chi connectivity index (χ1) is 11.3. The van der Waals surface area contributed by atoms with Crippen LogP contribution in [0.3, 0.4) is 0 Å². The van der Waals surface area contributed by atoms with Crippen LogP contribution in [0.15, 0.2) is 48.5 Å². The molecule has 0 bridgehead atoms. The molecule has 2 aromatic rings. The number of benzene rings is 2. The molecule has 3 amide bonds. The Hall–Kier alpha value is -3.03. The molecule has 2 N–H and O–H groups in total. The summed E-state index contributed by atoms with van der Waals surface area (Å²) in [7, 11) is 0. The highest BCUT2D eigenvalue weighted by Crippen LogP contribution is 2.32. The Morgan fingerprint density at radius 3 is 2.62 bits per heavy atom. The van der Waals surface area contributed by atoms with Crippen molar-refractivity contribution in [3.8, 4) is 0 Å². The van der Waals surface area contributed by atoms with Crippen LogP contribution in [0, 0.1) is 0 Å². The number of nitrogens with zero attached hydrogens (tertiary/aromatic N) is 1. The molecule has 1 heterocycles. The number of carbonyl (C=O) groups excluding carboxylic acids is 2. The predicted octanol–water partition coefficient (Wildman–Crippen LogP) is 3.70. The monoisotopic (exact) mass is 335 g/mol. The summed E-state index contributed by atoms with van der Waals surface area (Å²) in [6.07, 6.45) is -4.50. The Bertz CT molecular complexity index is 805. The van der Waals surface area contributed by atoms with E-state index in [1.54, 1.807) is 24.3 Å². The molecule has 0 radical (unpaired) electrons. The van der Waals surface area contributed by atoms with Gasteiger partial charge in [0.25, 0.3) is 0 Å². The van der Waals surface area contributed by atoms with Gasteiger partial charge in [-0.1, -0.05) is 18.2 Å². The second-order valence-electron chi connectivity index (χ2n) is 5.16. The van der Waals surface area contributed by atoms with Crippen LogP contribution in [0.5, 0.6) is 0 Å². The quantitative estimate of drug-likeness (QED) is 0.835. The summed E-state index contributed by atoms with van der Waals surface area (Å²) in [6.45, 7) is -0.220. The highest BCUT2D eigenvalue weighted by atomic mass is 19.4. The van der Waals surface area contributed by atoms with Gasteiger partial charge in [0.05, 0.1) is 16.9 Å². The van der Waals surface area contributed by atoms with Gasteiger partial charge in [-0.25, -0.2) is 4.79 Å². The summed E-state index contributed by atoms with van der Waals surface area (Å²) in [6, 6.07) is 10.3. The Morgan fingerprint density at radius 2 is 1.88 bits per heavy atom. The van der Waals surface area contributed by atoms with Crippen LogP contribution >= 0.6 is 0 Å². The number of amides is 3. The number of rotatable bonds is 1. The zero-order chi connectivity index (χ0) is 17.3. The van der Waals surface area contributed by atoms with Crippen molar-refractivity contribution >= 4 is 29.0 Å². The topological polar surface area (TPSA) is 61.4 Å². The molecule has 0 saturated heterocycles. The van der Waals surface area contributed by atoms with Gasteiger partial charge in [0.1, 0.15) is 6.54 Å². The van der Waals surface area contributed by atoms with Crippen molar-refractivity contribution in [1.82, 2.24) is 0 Å². The first kappa shape index (κ1) is 15.9. The molecule has 0 saturated carbocycles.